The van der Waals surface area contributed by atoms with E-state index in [1.807, 2.05) is 6.07 Å². The minimum atomic E-state index is -0.720. The van der Waals surface area contributed by atoms with Crippen LogP contribution in [-0.2, 0) is 6.54 Å². The Morgan fingerprint density at radius 1 is 1.27 bits per heavy atom. The summed E-state index contributed by atoms with van der Waals surface area (Å²) in [6.45, 7) is 5.02. The lowest BCUT2D eigenvalue weighted by Gasteiger charge is -2.18. The Kier molecular flexibility index (Phi) is 6.37. The van der Waals surface area contributed by atoms with Crippen molar-refractivity contribution in [2.45, 2.75) is 45.3 Å². The summed E-state index contributed by atoms with van der Waals surface area (Å²) in [5, 5.41) is 13.4. The molecule has 5 nitrogen and oxygen atoms in total. The highest BCUT2D eigenvalue weighted by Gasteiger charge is 2.15. The molecule has 7 heteroatoms. The van der Waals surface area contributed by atoms with Crippen LogP contribution in [0.3, 0.4) is 0 Å². The van der Waals surface area contributed by atoms with E-state index in [2.05, 4.69) is 21.1 Å². The molecule has 0 spiro atoms. The van der Waals surface area contributed by atoms with Gasteiger partial charge in [-0.1, -0.05) is 18.0 Å². The third-order valence-electron chi connectivity index (χ3n) is 3.76. The van der Waals surface area contributed by atoms with Crippen molar-refractivity contribution < 1.29 is 9.63 Å². The van der Waals surface area contributed by atoms with Gasteiger partial charge in [-0.15, -0.1) is 23.7 Å². The van der Waals surface area contributed by atoms with Gasteiger partial charge in [-0.2, -0.15) is 4.98 Å². The first-order valence-corrected chi connectivity index (χ1v) is 8.37. The van der Waals surface area contributed by atoms with Gasteiger partial charge >= 0.3 is 0 Å². The number of hydrogen-bond donors (Lipinski definition) is 1. The van der Waals surface area contributed by atoms with Gasteiger partial charge in [-0.05, 0) is 45.0 Å². The molecule has 3 rings (SSSR count). The maximum Gasteiger partial charge on any atom is 0.255 e. The Labute approximate surface area is 140 Å². The largest absolute Gasteiger partial charge is 0.384 e. The second-order valence-electron chi connectivity index (χ2n) is 5.59. The van der Waals surface area contributed by atoms with Gasteiger partial charge in [0.1, 0.15) is 6.10 Å². The summed E-state index contributed by atoms with van der Waals surface area (Å²) < 4.78 is 5.04. The molecule has 0 aliphatic carbocycles. The zero-order valence-corrected chi connectivity index (χ0v) is 14.3. The second-order valence-corrected chi connectivity index (χ2v) is 6.76. The molecule has 22 heavy (non-hydrogen) atoms. The highest BCUT2D eigenvalue weighted by Crippen LogP contribution is 2.28. The fourth-order valence-electron chi connectivity index (χ4n) is 2.60. The summed E-state index contributed by atoms with van der Waals surface area (Å²) in [5.41, 5.74) is 0. The SMILES string of the molecule is CC(O)c1nc(-c2ccc(CN3CCCCCC3)s2)no1.Cl. The van der Waals surface area contributed by atoms with Crippen LogP contribution >= 0.6 is 23.7 Å². The number of aliphatic hydroxyl groups excluding tert-OH is 1. The van der Waals surface area contributed by atoms with E-state index in [4.69, 9.17) is 4.52 Å². The van der Waals surface area contributed by atoms with Gasteiger partial charge in [-0.3, -0.25) is 4.90 Å². The number of thiophene rings is 1. The van der Waals surface area contributed by atoms with E-state index in [1.54, 1.807) is 18.3 Å². The molecule has 1 saturated heterocycles. The third-order valence-corrected chi connectivity index (χ3v) is 4.83. The van der Waals surface area contributed by atoms with E-state index in [-0.39, 0.29) is 18.3 Å². The fraction of sp³-hybridized carbons (Fsp3) is 0.600. The zero-order chi connectivity index (χ0) is 14.7. The molecule has 1 atom stereocenters. The van der Waals surface area contributed by atoms with Crippen LogP contribution in [0.15, 0.2) is 16.7 Å². The zero-order valence-electron chi connectivity index (χ0n) is 12.7. The summed E-state index contributed by atoms with van der Waals surface area (Å²) in [4.78, 5) is 9.08. The van der Waals surface area contributed by atoms with Gasteiger partial charge < -0.3 is 9.63 Å². The molecule has 2 aromatic rings. The van der Waals surface area contributed by atoms with Crippen molar-refractivity contribution in [2.75, 3.05) is 13.1 Å². The second kappa shape index (κ2) is 8.06. The van der Waals surface area contributed by atoms with Crippen molar-refractivity contribution in [1.29, 1.82) is 0 Å². The van der Waals surface area contributed by atoms with Crippen molar-refractivity contribution in [3.63, 3.8) is 0 Å². The summed E-state index contributed by atoms with van der Waals surface area (Å²) >= 11 is 1.70. The van der Waals surface area contributed by atoms with Crippen molar-refractivity contribution >= 4 is 23.7 Å². The quantitative estimate of drug-likeness (QED) is 0.918. The molecule has 1 aliphatic heterocycles. The third kappa shape index (κ3) is 4.29. The summed E-state index contributed by atoms with van der Waals surface area (Å²) in [6, 6.07) is 4.18. The molecule has 3 heterocycles. The maximum absolute atomic E-state index is 9.43. The monoisotopic (exact) mass is 343 g/mol. The van der Waals surface area contributed by atoms with Crippen molar-refractivity contribution in [3.05, 3.63) is 22.9 Å². The highest BCUT2D eigenvalue weighted by atomic mass is 35.5. The first kappa shape index (κ1) is 17.4. The Balaban J connectivity index is 0.00000176. The Hall–Kier alpha value is -0.950. The lowest BCUT2D eigenvalue weighted by atomic mass is 10.2. The maximum atomic E-state index is 9.43. The number of likely N-dealkylation sites (tertiary alicyclic amines) is 1. The molecule has 1 unspecified atom stereocenters. The molecule has 1 N–H and O–H groups in total. The van der Waals surface area contributed by atoms with Crippen molar-refractivity contribution in [2.24, 2.45) is 0 Å². The lowest BCUT2D eigenvalue weighted by Crippen LogP contribution is -2.23. The first-order valence-electron chi connectivity index (χ1n) is 7.55. The summed E-state index contributed by atoms with van der Waals surface area (Å²) in [5.74, 6) is 0.838. The molecule has 0 radical (unpaired) electrons. The molecule has 122 valence electrons. The number of halogens is 1. The predicted molar refractivity (Wildman–Crippen MR) is 89.2 cm³/mol. The van der Waals surface area contributed by atoms with E-state index >= 15 is 0 Å². The van der Waals surface area contributed by atoms with Crippen LogP contribution in [-0.4, -0.2) is 33.2 Å². The number of rotatable bonds is 4. The molecular formula is C15H22ClN3O2S. The van der Waals surface area contributed by atoms with Crippen LogP contribution < -0.4 is 0 Å². The Morgan fingerprint density at radius 2 is 2.00 bits per heavy atom. The normalized spacial score (nSPS) is 17.7. The topological polar surface area (TPSA) is 62.4 Å². The average Bonchev–Trinajstić information content (AvgIpc) is 3.04. The van der Waals surface area contributed by atoms with Crippen LogP contribution in [0.5, 0.6) is 0 Å². The number of aromatic nitrogens is 2. The minimum absolute atomic E-state index is 0. The van der Waals surface area contributed by atoms with E-state index in [9.17, 15) is 5.11 Å². The molecule has 1 aliphatic rings. The van der Waals surface area contributed by atoms with Gasteiger partial charge in [0.15, 0.2) is 0 Å². The number of nitrogens with zero attached hydrogens (tertiary/aromatic N) is 3. The van der Waals surface area contributed by atoms with Crippen molar-refractivity contribution in [3.8, 4) is 10.7 Å². The van der Waals surface area contributed by atoms with Crippen LogP contribution in [0.2, 0.25) is 0 Å². The standard InChI is InChI=1S/C15H21N3O2S.ClH/c1-11(19)15-16-14(17-20-15)13-7-6-12(21-13)10-18-8-4-2-3-5-9-18;/h6-7,11,19H,2-5,8-10H2,1H3;1H. The van der Waals surface area contributed by atoms with E-state index in [0.717, 1.165) is 11.4 Å². The van der Waals surface area contributed by atoms with Gasteiger partial charge in [0.25, 0.3) is 5.89 Å². The van der Waals surface area contributed by atoms with Gasteiger partial charge in [0.2, 0.25) is 5.82 Å². The smallest absolute Gasteiger partial charge is 0.255 e. The van der Waals surface area contributed by atoms with E-state index in [0.29, 0.717) is 5.82 Å². The minimum Gasteiger partial charge on any atom is -0.384 e. The molecule has 0 amide bonds. The Morgan fingerprint density at radius 3 is 2.64 bits per heavy atom. The summed E-state index contributed by atoms with van der Waals surface area (Å²) in [7, 11) is 0. The molecular weight excluding hydrogens is 322 g/mol. The Bertz CT molecular complexity index is 577. The molecule has 1 fully saturated rings. The van der Waals surface area contributed by atoms with Crippen LogP contribution in [0, 0.1) is 0 Å². The van der Waals surface area contributed by atoms with E-state index in [1.165, 1.54) is 43.6 Å². The fourth-order valence-corrected chi connectivity index (χ4v) is 3.58. The number of aliphatic hydroxyl groups is 1. The van der Waals surface area contributed by atoms with E-state index < -0.39 is 6.10 Å². The van der Waals surface area contributed by atoms with Crippen LogP contribution in [0.4, 0.5) is 0 Å². The van der Waals surface area contributed by atoms with Crippen molar-refractivity contribution in [1.82, 2.24) is 15.0 Å². The molecule has 0 bridgehead atoms. The molecule has 0 saturated carbocycles. The van der Waals surface area contributed by atoms with Gasteiger partial charge in [0, 0.05) is 11.4 Å². The first-order chi connectivity index (χ1) is 10.2. The average molecular weight is 344 g/mol. The van der Waals surface area contributed by atoms with Crippen LogP contribution in [0.25, 0.3) is 10.7 Å². The van der Waals surface area contributed by atoms with Gasteiger partial charge in [0.05, 0.1) is 4.88 Å². The highest BCUT2D eigenvalue weighted by molar-refractivity contribution is 7.15. The van der Waals surface area contributed by atoms with Crippen LogP contribution in [0.1, 0.15) is 49.5 Å². The molecule has 2 aromatic heterocycles. The summed E-state index contributed by atoms with van der Waals surface area (Å²) in [6.07, 6.45) is 4.61. The predicted octanol–water partition coefficient (Wildman–Crippen LogP) is 3.65. The number of hydrogen-bond acceptors (Lipinski definition) is 6. The van der Waals surface area contributed by atoms with Gasteiger partial charge in [-0.25, -0.2) is 0 Å². The lowest BCUT2D eigenvalue weighted by molar-refractivity contribution is 0.152. The molecule has 0 aromatic carbocycles.